The monoisotopic (exact) mass is 211 g/mol. The largest absolute Gasteiger partial charge is 0.392 e. The van der Waals surface area contributed by atoms with Crippen molar-refractivity contribution in [3.05, 3.63) is 35.1 Å². The Bertz CT molecular complexity index is 364. The fraction of sp³-hybridized carbons (Fsp3) is 0.364. The van der Waals surface area contributed by atoms with Crippen LogP contribution in [0.5, 0.6) is 0 Å². The normalized spacial score (nSPS) is 12.3. The first-order valence-electron chi connectivity index (χ1n) is 4.73. The van der Waals surface area contributed by atoms with E-state index in [0.717, 1.165) is 5.56 Å². The summed E-state index contributed by atoms with van der Waals surface area (Å²) in [6.45, 7) is 3.42. The van der Waals surface area contributed by atoms with Crippen LogP contribution in [0.4, 0.5) is 4.39 Å². The fourth-order valence-corrected chi connectivity index (χ4v) is 1.14. The van der Waals surface area contributed by atoms with Gasteiger partial charge in [0.15, 0.2) is 0 Å². The standard InChI is InChI=1S/C11H14FNO2/c1-7-3-4-9(10(12)5-7)11(15)13-6-8(2)14/h3-5,8,14H,6H2,1-2H3,(H,13,15). The highest BCUT2D eigenvalue weighted by Crippen LogP contribution is 2.09. The van der Waals surface area contributed by atoms with Gasteiger partial charge < -0.3 is 10.4 Å². The van der Waals surface area contributed by atoms with Gasteiger partial charge >= 0.3 is 0 Å². The van der Waals surface area contributed by atoms with Crippen molar-refractivity contribution >= 4 is 5.91 Å². The molecule has 1 atom stereocenters. The van der Waals surface area contributed by atoms with Crippen LogP contribution in [0.25, 0.3) is 0 Å². The average Bonchev–Trinajstić information content (AvgIpc) is 2.14. The van der Waals surface area contributed by atoms with Gasteiger partial charge in [0.1, 0.15) is 5.82 Å². The van der Waals surface area contributed by atoms with Crippen molar-refractivity contribution in [1.29, 1.82) is 0 Å². The average molecular weight is 211 g/mol. The van der Waals surface area contributed by atoms with Gasteiger partial charge in [-0.3, -0.25) is 4.79 Å². The highest BCUT2D eigenvalue weighted by Gasteiger charge is 2.11. The van der Waals surface area contributed by atoms with Crippen molar-refractivity contribution in [2.75, 3.05) is 6.54 Å². The maximum absolute atomic E-state index is 13.3. The summed E-state index contributed by atoms with van der Waals surface area (Å²) >= 11 is 0. The summed E-state index contributed by atoms with van der Waals surface area (Å²) in [5, 5.41) is 11.4. The van der Waals surface area contributed by atoms with Crippen LogP contribution in [0.15, 0.2) is 18.2 Å². The third-order valence-corrected chi connectivity index (χ3v) is 1.93. The Morgan fingerprint density at radius 3 is 2.80 bits per heavy atom. The predicted molar refractivity (Wildman–Crippen MR) is 55.2 cm³/mol. The Morgan fingerprint density at radius 1 is 1.60 bits per heavy atom. The topological polar surface area (TPSA) is 49.3 Å². The van der Waals surface area contributed by atoms with Gasteiger partial charge in [0.2, 0.25) is 0 Å². The van der Waals surface area contributed by atoms with Gasteiger partial charge in [0.05, 0.1) is 11.7 Å². The van der Waals surface area contributed by atoms with Crippen molar-refractivity contribution < 1.29 is 14.3 Å². The number of nitrogens with one attached hydrogen (secondary N) is 1. The number of hydrogen-bond donors (Lipinski definition) is 2. The Labute approximate surface area is 87.9 Å². The molecule has 0 radical (unpaired) electrons. The molecule has 0 saturated carbocycles. The lowest BCUT2D eigenvalue weighted by atomic mass is 10.1. The molecule has 0 bridgehead atoms. The molecule has 1 rings (SSSR count). The second kappa shape index (κ2) is 4.89. The Kier molecular flexibility index (Phi) is 3.80. The van der Waals surface area contributed by atoms with E-state index in [2.05, 4.69) is 5.32 Å². The molecule has 0 spiro atoms. The fourth-order valence-electron chi connectivity index (χ4n) is 1.14. The van der Waals surface area contributed by atoms with Crippen LogP contribution >= 0.6 is 0 Å². The zero-order chi connectivity index (χ0) is 11.4. The van der Waals surface area contributed by atoms with Crippen LogP contribution in [-0.4, -0.2) is 23.7 Å². The van der Waals surface area contributed by atoms with E-state index in [1.165, 1.54) is 12.1 Å². The molecule has 3 nitrogen and oxygen atoms in total. The first-order chi connectivity index (χ1) is 7.00. The summed E-state index contributed by atoms with van der Waals surface area (Å²) < 4.78 is 13.3. The molecule has 1 aromatic carbocycles. The summed E-state index contributed by atoms with van der Waals surface area (Å²) in [5.41, 5.74) is 0.765. The molecule has 0 aliphatic rings. The van der Waals surface area contributed by atoms with E-state index in [1.807, 2.05) is 0 Å². The number of aryl methyl sites for hydroxylation is 1. The quantitative estimate of drug-likeness (QED) is 0.790. The van der Waals surface area contributed by atoms with E-state index in [-0.39, 0.29) is 12.1 Å². The minimum Gasteiger partial charge on any atom is -0.392 e. The van der Waals surface area contributed by atoms with Crippen molar-refractivity contribution in [3.8, 4) is 0 Å². The molecule has 1 aromatic rings. The third-order valence-electron chi connectivity index (χ3n) is 1.93. The number of aliphatic hydroxyl groups excluding tert-OH is 1. The molecule has 2 N–H and O–H groups in total. The van der Waals surface area contributed by atoms with E-state index in [0.29, 0.717) is 0 Å². The van der Waals surface area contributed by atoms with E-state index in [9.17, 15) is 9.18 Å². The minimum atomic E-state index is -0.637. The molecule has 0 aliphatic heterocycles. The van der Waals surface area contributed by atoms with Crippen molar-refractivity contribution in [3.63, 3.8) is 0 Å². The zero-order valence-electron chi connectivity index (χ0n) is 8.75. The summed E-state index contributed by atoms with van der Waals surface area (Å²) in [7, 11) is 0. The second-order valence-corrected chi connectivity index (χ2v) is 3.54. The van der Waals surface area contributed by atoms with Gasteiger partial charge in [-0.2, -0.15) is 0 Å². The smallest absolute Gasteiger partial charge is 0.254 e. The molecule has 0 saturated heterocycles. The molecule has 4 heteroatoms. The maximum atomic E-state index is 13.3. The van der Waals surface area contributed by atoms with Crippen molar-refractivity contribution in [2.45, 2.75) is 20.0 Å². The number of halogens is 1. The predicted octanol–water partition coefficient (Wildman–Crippen LogP) is 1.24. The second-order valence-electron chi connectivity index (χ2n) is 3.54. The number of aliphatic hydroxyl groups is 1. The summed E-state index contributed by atoms with van der Waals surface area (Å²) in [6.07, 6.45) is -0.637. The number of carbonyl (C=O) groups is 1. The molecule has 0 heterocycles. The van der Waals surface area contributed by atoms with Crippen molar-refractivity contribution in [1.82, 2.24) is 5.32 Å². The lowest BCUT2D eigenvalue weighted by Gasteiger charge is -2.07. The molecule has 1 amide bonds. The first kappa shape index (κ1) is 11.7. The van der Waals surface area contributed by atoms with Crippen LogP contribution in [-0.2, 0) is 0 Å². The highest BCUT2D eigenvalue weighted by molar-refractivity contribution is 5.94. The Morgan fingerprint density at radius 2 is 2.27 bits per heavy atom. The van der Waals surface area contributed by atoms with Crippen LogP contribution in [0, 0.1) is 12.7 Å². The number of amides is 1. The van der Waals surface area contributed by atoms with Gasteiger partial charge in [-0.05, 0) is 31.5 Å². The van der Waals surface area contributed by atoms with Crippen LogP contribution < -0.4 is 5.32 Å². The van der Waals surface area contributed by atoms with Gasteiger partial charge in [0, 0.05) is 6.54 Å². The first-order valence-corrected chi connectivity index (χ1v) is 4.73. The number of carbonyl (C=O) groups excluding carboxylic acids is 1. The molecular formula is C11H14FNO2. The van der Waals surface area contributed by atoms with E-state index >= 15 is 0 Å². The molecule has 15 heavy (non-hydrogen) atoms. The van der Waals surface area contributed by atoms with Gasteiger partial charge in [-0.1, -0.05) is 6.07 Å². The van der Waals surface area contributed by atoms with E-state index < -0.39 is 17.8 Å². The molecule has 82 valence electrons. The van der Waals surface area contributed by atoms with Gasteiger partial charge in [-0.25, -0.2) is 4.39 Å². The molecule has 1 unspecified atom stereocenters. The summed E-state index contributed by atoms with van der Waals surface area (Å²) in [6, 6.07) is 4.40. The van der Waals surface area contributed by atoms with Gasteiger partial charge in [-0.15, -0.1) is 0 Å². The summed E-state index contributed by atoms with van der Waals surface area (Å²) in [5.74, 6) is -1.05. The van der Waals surface area contributed by atoms with Gasteiger partial charge in [0.25, 0.3) is 5.91 Å². The van der Waals surface area contributed by atoms with Crippen LogP contribution in [0.2, 0.25) is 0 Å². The molecular weight excluding hydrogens is 197 g/mol. The molecule has 0 aliphatic carbocycles. The molecule has 0 aromatic heterocycles. The lowest BCUT2D eigenvalue weighted by molar-refractivity contribution is 0.0920. The zero-order valence-corrected chi connectivity index (χ0v) is 8.75. The van der Waals surface area contributed by atoms with Crippen LogP contribution in [0.3, 0.4) is 0 Å². The number of benzene rings is 1. The highest BCUT2D eigenvalue weighted by atomic mass is 19.1. The van der Waals surface area contributed by atoms with Crippen LogP contribution in [0.1, 0.15) is 22.8 Å². The SMILES string of the molecule is Cc1ccc(C(=O)NCC(C)O)c(F)c1. The molecule has 0 fully saturated rings. The third kappa shape index (κ3) is 3.32. The van der Waals surface area contributed by atoms with E-state index in [1.54, 1.807) is 19.9 Å². The minimum absolute atomic E-state index is 0.00116. The maximum Gasteiger partial charge on any atom is 0.254 e. The Balaban J connectivity index is 2.74. The Hall–Kier alpha value is -1.42. The summed E-state index contributed by atoms with van der Waals surface area (Å²) in [4.78, 5) is 11.4. The number of hydrogen-bond acceptors (Lipinski definition) is 2. The van der Waals surface area contributed by atoms with E-state index in [4.69, 9.17) is 5.11 Å². The lowest BCUT2D eigenvalue weighted by Crippen LogP contribution is -2.31. The van der Waals surface area contributed by atoms with Crippen molar-refractivity contribution in [2.24, 2.45) is 0 Å². The number of rotatable bonds is 3.